The summed E-state index contributed by atoms with van der Waals surface area (Å²) in [6.45, 7) is 5.27. The molecule has 1 aliphatic heterocycles. The number of hydrogen-bond donors (Lipinski definition) is 2. The van der Waals surface area contributed by atoms with E-state index in [1.165, 1.54) is 6.92 Å². The molecule has 1 aromatic rings. The molecule has 156 valence electrons. The smallest absolute Gasteiger partial charge is 0.325 e. The van der Waals surface area contributed by atoms with Crippen LogP contribution in [0.5, 0.6) is 0 Å². The first-order valence-corrected chi connectivity index (χ1v) is 9.93. The number of carbonyl (C=O) groups excluding carboxylic acids is 4. The van der Waals surface area contributed by atoms with Crippen molar-refractivity contribution in [2.24, 2.45) is 0 Å². The maximum Gasteiger partial charge on any atom is 0.325 e. The Morgan fingerprint density at radius 1 is 1.24 bits per heavy atom. The molecule has 3 rings (SSSR count). The van der Waals surface area contributed by atoms with E-state index in [-0.39, 0.29) is 18.9 Å². The third-order valence-electron chi connectivity index (χ3n) is 5.56. The summed E-state index contributed by atoms with van der Waals surface area (Å²) >= 11 is 0. The molecule has 2 fully saturated rings. The molecule has 0 radical (unpaired) electrons. The number of carbonyl (C=O) groups is 4. The van der Waals surface area contributed by atoms with Gasteiger partial charge < -0.3 is 15.4 Å². The van der Waals surface area contributed by atoms with Crippen LogP contribution >= 0.6 is 0 Å². The standard InChI is InChI=1S/C21H27N3O5/c1-13-6-7-16(14(2)12-13)22-18(26)15(3)29-17(25)8-11-24-19(27)21(23-20(24)28)9-4-5-10-21/h6-7,12,15H,4-5,8-11H2,1-3H3,(H,22,26)(H,23,28)/t15-/m0/s1. The van der Waals surface area contributed by atoms with Crippen molar-refractivity contribution < 1.29 is 23.9 Å². The minimum atomic E-state index is -0.993. The number of rotatable bonds is 6. The average Bonchev–Trinajstić information content (AvgIpc) is 3.21. The van der Waals surface area contributed by atoms with Crippen molar-refractivity contribution in [1.82, 2.24) is 10.2 Å². The monoisotopic (exact) mass is 401 g/mol. The van der Waals surface area contributed by atoms with Crippen LogP contribution in [0.2, 0.25) is 0 Å². The van der Waals surface area contributed by atoms with Crippen molar-refractivity contribution in [3.8, 4) is 0 Å². The number of hydrogen-bond acceptors (Lipinski definition) is 5. The molecule has 1 saturated heterocycles. The van der Waals surface area contributed by atoms with Gasteiger partial charge in [0.1, 0.15) is 5.54 Å². The molecule has 0 aromatic heterocycles. The van der Waals surface area contributed by atoms with Crippen LogP contribution in [0.3, 0.4) is 0 Å². The summed E-state index contributed by atoms with van der Waals surface area (Å²) in [5, 5.41) is 5.51. The molecule has 2 aliphatic rings. The van der Waals surface area contributed by atoms with Crippen molar-refractivity contribution in [3.05, 3.63) is 29.3 Å². The Labute approximate surface area is 170 Å². The zero-order valence-electron chi connectivity index (χ0n) is 17.0. The highest BCUT2D eigenvalue weighted by Gasteiger charge is 2.52. The van der Waals surface area contributed by atoms with Crippen molar-refractivity contribution in [2.75, 3.05) is 11.9 Å². The number of nitrogens with one attached hydrogen (secondary N) is 2. The molecule has 0 bridgehead atoms. The highest BCUT2D eigenvalue weighted by Crippen LogP contribution is 2.35. The molecule has 0 unspecified atom stereocenters. The quantitative estimate of drug-likeness (QED) is 0.563. The topological polar surface area (TPSA) is 105 Å². The summed E-state index contributed by atoms with van der Waals surface area (Å²) in [7, 11) is 0. The first-order valence-electron chi connectivity index (χ1n) is 9.93. The molecule has 2 N–H and O–H groups in total. The fourth-order valence-corrected chi connectivity index (χ4v) is 3.90. The first kappa shape index (κ1) is 20.8. The Balaban J connectivity index is 1.49. The summed E-state index contributed by atoms with van der Waals surface area (Å²) in [6, 6.07) is 5.16. The number of nitrogens with zero attached hydrogens (tertiary/aromatic N) is 1. The summed E-state index contributed by atoms with van der Waals surface area (Å²) in [4.78, 5) is 50.2. The van der Waals surface area contributed by atoms with Gasteiger partial charge in [-0.3, -0.25) is 19.3 Å². The molecule has 1 atom stereocenters. The van der Waals surface area contributed by atoms with E-state index in [2.05, 4.69) is 10.6 Å². The molecule has 8 heteroatoms. The largest absolute Gasteiger partial charge is 0.452 e. The summed E-state index contributed by atoms with van der Waals surface area (Å²) in [6.07, 6.45) is 1.91. The third kappa shape index (κ3) is 4.41. The fraction of sp³-hybridized carbons (Fsp3) is 0.524. The van der Waals surface area contributed by atoms with Crippen molar-refractivity contribution in [1.29, 1.82) is 0 Å². The second-order valence-electron chi connectivity index (χ2n) is 7.87. The zero-order valence-corrected chi connectivity index (χ0v) is 17.0. The van der Waals surface area contributed by atoms with E-state index in [0.717, 1.165) is 28.9 Å². The number of ether oxygens (including phenoxy) is 1. The molecular weight excluding hydrogens is 374 g/mol. The first-order chi connectivity index (χ1) is 13.7. The van der Waals surface area contributed by atoms with Crippen LogP contribution in [0.1, 0.15) is 50.2 Å². The molecule has 4 amide bonds. The number of esters is 1. The van der Waals surface area contributed by atoms with Crippen LogP contribution in [0.25, 0.3) is 0 Å². The molecule has 29 heavy (non-hydrogen) atoms. The summed E-state index contributed by atoms with van der Waals surface area (Å²) in [5.74, 6) is -1.35. The molecule has 8 nitrogen and oxygen atoms in total. The van der Waals surface area contributed by atoms with Crippen LogP contribution < -0.4 is 10.6 Å². The second kappa shape index (κ2) is 8.23. The Kier molecular flexibility index (Phi) is 5.91. The van der Waals surface area contributed by atoms with Crippen LogP contribution in [0.15, 0.2) is 18.2 Å². The Morgan fingerprint density at radius 2 is 1.93 bits per heavy atom. The van der Waals surface area contributed by atoms with Gasteiger partial charge in [0.15, 0.2) is 6.10 Å². The van der Waals surface area contributed by atoms with E-state index in [0.29, 0.717) is 18.5 Å². The molecule has 1 aromatic carbocycles. The lowest BCUT2D eigenvalue weighted by molar-refractivity contribution is -0.153. The predicted molar refractivity (Wildman–Crippen MR) is 106 cm³/mol. The van der Waals surface area contributed by atoms with E-state index in [1.807, 2.05) is 26.0 Å². The third-order valence-corrected chi connectivity index (χ3v) is 5.56. The Bertz CT molecular complexity index is 845. The van der Waals surface area contributed by atoms with Gasteiger partial charge in [-0.15, -0.1) is 0 Å². The van der Waals surface area contributed by atoms with Crippen molar-refractivity contribution in [3.63, 3.8) is 0 Å². The number of anilines is 1. The maximum atomic E-state index is 12.6. The molecule has 1 aliphatic carbocycles. The number of amides is 4. The van der Waals surface area contributed by atoms with Gasteiger partial charge in [-0.2, -0.15) is 0 Å². The van der Waals surface area contributed by atoms with E-state index in [4.69, 9.17) is 4.74 Å². The summed E-state index contributed by atoms with van der Waals surface area (Å²) in [5.41, 5.74) is 1.86. The van der Waals surface area contributed by atoms with Crippen LogP contribution in [-0.2, 0) is 19.1 Å². The zero-order chi connectivity index (χ0) is 21.2. The number of imide groups is 1. The van der Waals surface area contributed by atoms with Gasteiger partial charge in [0, 0.05) is 12.2 Å². The lowest BCUT2D eigenvalue weighted by Crippen LogP contribution is -2.44. The lowest BCUT2D eigenvalue weighted by atomic mass is 9.98. The van der Waals surface area contributed by atoms with Crippen molar-refractivity contribution in [2.45, 2.75) is 64.5 Å². The predicted octanol–water partition coefficient (Wildman–Crippen LogP) is 2.43. The molecule has 1 saturated carbocycles. The minimum Gasteiger partial charge on any atom is -0.452 e. The van der Waals surface area contributed by atoms with Gasteiger partial charge in [-0.05, 0) is 45.2 Å². The number of benzene rings is 1. The highest BCUT2D eigenvalue weighted by atomic mass is 16.5. The fourth-order valence-electron chi connectivity index (χ4n) is 3.90. The maximum absolute atomic E-state index is 12.6. The van der Waals surface area contributed by atoms with Gasteiger partial charge in [-0.1, -0.05) is 30.5 Å². The van der Waals surface area contributed by atoms with Crippen LogP contribution in [-0.4, -0.2) is 46.9 Å². The van der Waals surface area contributed by atoms with Gasteiger partial charge in [-0.25, -0.2) is 4.79 Å². The van der Waals surface area contributed by atoms with E-state index >= 15 is 0 Å². The van der Waals surface area contributed by atoms with E-state index < -0.39 is 29.6 Å². The normalized spacial score (nSPS) is 18.7. The number of urea groups is 1. The Hall–Kier alpha value is -2.90. The lowest BCUT2D eigenvalue weighted by Gasteiger charge is -2.20. The molecular formula is C21H27N3O5. The van der Waals surface area contributed by atoms with Crippen LogP contribution in [0, 0.1) is 13.8 Å². The SMILES string of the molecule is Cc1ccc(NC(=O)[C@H](C)OC(=O)CCN2C(=O)NC3(CCCC3)C2=O)c(C)c1. The van der Waals surface area contributed by atoms with Gasteiger partial charge in [0.25, 0.3) is 11.8 Å². The highest BCUT2D eigenvalue weighted by molar-refractivity contribution is 6.07. The molecule has 1 spiro atoms. The van der Waals surface area contributed by atoms with Gasteiger partial charge in [0.05, 0.1) is 6.42 Å². The van der Waals surface area contributed by atoms with Crippen LogP contribution in [0.4, 0.5) is 10.5 Å². The number of aryl methyl sites for hydroxylation is 2. The summed E-state index contributed by atoms with van der Waals surface area (Å²) < 4.78 is 5.17. The van der Waals surface area contributed by atoms with E-state index in [1.54, 1.807) is 6.07 Å². The average molecular weight is 401 g/mol. The van der Waals surface area contributed by atoms with Crippen molar-refractivity contribution >= 4 is 29.5 Å². The van der Waals surface area contributed by atoms with Gasteiger partial charge in [0.2, 0.25) is 0 Å². The van der Waals surface area contributed by atoms with Gasteiger partial charge >= 0.3 is 12.0 Å². The second-order valence-corrected chi connectivity index (χ2v) is 7.87. The Morgan fingerprint density at radius 3 is 2.59 bits per heavy atom. The minimum absolute atomic E-state index is 0.0589. The van der Waals surface area contributed by atoms with E-state index in [9.17, 15) is 19.2 Å². The molecule has 1 heterocycles.